The molecule has 0 spiro atoms. The maximum absolute atomic E-state index is 12.4. The van der Waals surface area contributed by atoms with Crippen molar-refractivity contribution >= 4 is 5.91 Å². The highest BCUT2D eigenvalue weighted by molar-refractivity contribution is 5.75. The van der Waals surface area contributed by atoms with Crippen LogP contribution in [0.4, 0.5) is 0 Å². The third kappa shape index (κ3) is 3.90. The molecule has 140 valence electrons. The van der Waals surface area contributed by atoms with E-state index in [9.17, 15) is 4.79 Å². The van der Waals surface area contributed by atoms with Crippen LogP contribution < -0.4 is 0 Å². The number of rotatable bonds is 6. The van der Waals surface area contributed by atoms with Crippen molar-refractivity contribution in [2.75, 3.05) is 7.05 Å². The minimum atomic E-state index is -0.213. The smallest absolute Gasteiger partial charge is 0.246 e. The van der Waals surface area contributed by atoms with Crippen LogP contribution in [0.15, 0.2) is 59.3 Å². The first kappa shape index (κ1) is 17.5. The molecule has 10 heteroatoms. The predicted molar refractivity (Wildman–Crippen MR) is 97.3 cm³/mol. The Labute approximate surface area is 159 Å². The highest BCUT2D eigenvalue weighted by Crippen LogP contribution is 2.13. The number of amides is 1. The van der Waals surface area contributed by atoms with Gasteiger partial charge in [0.15, 0.2) is 0 Å². The standard InChI is InChI=1S/C18H16N8O2/c1-25(11-15-20-18(23-28-15)14-9-5-6-10-19-14)16(27)12-26-22-17(21-24-26)13-7-3-2-4-8-13/h2-10H,11-12H2,1H3. The molecule has 0 atom stereocenters. The van der Waals surface area contributed by atoms with Gasteiger partial charge in [0.2, 0.25) is 23.4 Å². The lowest BCUT2D eigenvalue weighted by molar-refractivity contribution is -0.131. The van der Waals surface area contributed by atoms with Gasteiger partial charge < -0.3 is 9.42 Å². The number of hydrogen-bond acceptors (Lipinski definition) is 8. The highest BCUT2D eigenvalue weighted by Gasteiger charge is 2.17. The molecule has 0 fully saturated rings. The van der Waals surface area contributed by atoms with Crippen molar-refractivity contribution in [1.29, 1.82) is 0 Å². The summed E-state index contributed by atoms with van der Waals surface area (Å²) in [5, 5.41) is 16.1. The minimum absolute atomic E-state index is 0.0441. The second-order valence-electron chi connectivity index (χ2n) is 5.99. The molecule has 0 radical (unpaired) electrons. The summed E-state index contributed by atoms with van der Waals surface area (Å²) in [6.45, 7) is 0.122. The highest BCUT2D eigenvalue weighted by atomic mass is 16.5. The summed E-state index contributed by atoms with van der Waals surface area (Å²) in [5.41, 5.74) is 1.44. The Bertz CT molecular complexity index is 1060. The molecule has 10 nitrogen and oxygen atoms in total. The van der Waals surface area contributed by atoms with E-state index in [1.165, 1.54) is 9.70 Å². The first-order valence-corrected chi connectivity index (χ1v) is 8.50. The summed E-state index contributed by atoms with van der Waals surface area (Å²) in [4.78, 5) is 23.6. The van der Waals surface area contributed by atoms with E-state index in [0.717, 1.165) is 5.56 Å². The Kier molecular flexibility index (Phi) is 4.83. The molecule has 0 bridgehead atoms. The molecule has 28 heavy (non-hydrogen) atoms. The van der Waals surface area contributed by atoms with Crippen LogP contribution in [0.3, 0.4) is 0 Å². The van der Waals surface area contributed by atoms with Crippen LogP contribution in [0, 0.1) is 0 Å². The van der Waals surface area contributed by atoms with E-state index in [1.54, 1.807) is 25.4 Å². The van der Waals surface area contributed by atoms with Gasteiger partial charge in [-0.25, -0.2) is 0 Å². The lowest BCUT2D eigenvalue weighted by Gasteiger charge is -2.13. The molecular weight excluding hydrogens is 360 g/mol. The number of aromatic nitrogens is 7. The molecule has 0 N–H and O–H groups in total. The fourth-order valence-corrected chi connectivity index (χ4v) is 2.46. The summed E-state index contributed by atoms with van der Waals surface area (Å²) in [5.74, 6) is 0.942. The van der Waals surface area contributed by atoms with Gasteiger partial charge >= 0.3 is 0 Å². The lowest BCUT2D eigenvalue weighted by Crippen LogP contribution is -2.30. The first-order valence-electron chi connectivity index (χ1n) is 8.50. The van der Waals surface area contributed by atoms with Crippen molar-refractivity contribution in [3.05, 3.63) is 60.6 Å². The maximum atomic E-state index is 12.4. The van der Waals surface area contributed by atoms with Gasteiger partial charge in [-0.3, -0.25) is 9.78 Å². The van der Waals surface area contributed by atoms with E-state index >= 15 is 0 Å². The van der Waals surface area contributed by atoms with Gasteiger partial charge in [-0.15, -0.1) is 10.2 Å². The molecule has 3 heterocycles. The molecule has 4 rings (SSSR count). The number of nitrogens with zero attached hydrogens (tertiary/aromatic N) is 8. The molecule has 4 aromatic rings. The second kappa shape index (κ2) is 7.74. The maximum Gasteiger partial charge on any atom is 0.246 e. The average Bonchev–Trinajstić information content (AvgIpc) is 3.39. The number of tetrazole rings is 1. The van der Waals surface area contributed by atoms with Gasteiger partial charge in [0, 0.05) is 18.8 Å². The zero-order chi connectivity index (χ0) is 19.3. The van der Waals surface area contributed by atoms with Crippen molar-refractivity contribution in [3.63, 3.8) is 0 Å². The van der Waals surface area contributed by atoms with Crippen LogP contribution in [0.2, 0.25) is 0 Å². The molecule has 1 aromatic carbocycles. The fraction of sp³-hybridized carbons (Fsp3) is 0.167. The minimum Gasteiger partial charge on any atom is -0.337 e. The van der Waals surface area contributed by atoms with E-state index in [0.29, 0.717) is 23.2 Å². The van der Waals surface area contributed by atoms with Crippen LogP contribution in [0.25, 0.3) is 22.9 Å². The monoisotopic (exact) mass is 376 g/mol. The topological polar surface area (TPSA) is 116 Å². The normalized spacial score (nSPS) is 10.8. The number of likely N-dealkylation sites (N-methyl/N-ethyl adjacent to an activating group) is 1. The summed E-state index contributed by atoms with van der Waals surface area (Å²) in [6, 6.07) is 14.9. The van der Waals surface area contributed by atoms with Crippen molar-refractivity contribution in [2.24, 2.45) is 0 Å². The first-order chi connectivity index (χ1) is 13.7. The van der Waals surface area contributed by atoms with Gasteiger partial charge in [0.25, 0.3) is 0 Å². The van der Waals surface area contributed by atoms with Crippen LogP contribution in [0.1, 0.15) is 5.89 Å². The Balaban J connectivity index is 1.38. The van der Waals surface area contributed by atoms with Crippen molar-refractivity contribution < 1.29 is 9.32 Å². The molecule has 0 saturated carbocycles. The summed E-state index contributed by atoms with van der Waals surface area (Å²) in [7, 11) is 1.64. The average molecular weight is 376 g/mol. The number of carbonyl (C=O) groups is 1. The predicted octanol–water partition coefficient (Wildman–Crippen LogP) is 1.44. The molecule has 0 unspecified atom stereocenters. The van der Waals surface area contributed by atoms with Crippen LogP contribution in [-0.2, 0) is 17.9 Å². The molecular formula is C18H16N8O2. The molecule has 0 aliphatic heterocycles. The van der Waals surface area contributed by atoms with E-state index in [1.807, 2.05) is 36.4 Å². The van der Waals surface area contributed by atoms with Gasteiger partial charge in [0.1, 0.15) is 12.2 Å². The van der Waals surface area contributed by atoms with E-state index < -0.39 is 0 Å². The van der Waals surface area contributed by atoms with Crippen molar-refractivity contribution in [3.8, 4) is 22.9 Å². The van der Waals surface area contributed by atoms with Gasteiger partial charge in [-0.1, -0.05) is 41.6 Å². The number of pyridine rings is 1. The Morgan fingerprint density at radius 1 is 1.11 bits per heavy atom. The quantitative estimate of drug-likeness (QED) is 0.496. The van der Waals surface area contributed by atoms with Crippen LogP contribution >= 0.6 is 0 Å². The summed E-state index contributed by atoms with van der Waals surface area (Å²) >= 11 is 0. The van der Waals surface area contributed by atoms with Crippen molar-refractivity contribution in [2.45, 2.75) is 13.1 Å². The molecule has 0 aliphatic rings. The largest absolute Gasteiger partial charge is 0.337 e. The van der Waals surface area contributed by atoms with Gasteiger partial charge in [-0.05, 0) is 17.3 Å². The van der Waals surface area contributed by atoms with E-state index in [2.05, 4.69) is 30.5 Å². The second-order valence-corrected chi connectivity index (χ2v) is 5.99. The number of hydrogen-bond donors (Lipinski definition) is 0. The van der Waals surface area contributed by atoms with Gasteiger partial charge in [0.05, 0.1) is 6.54 Å². The number of benzene rings is 1. The Hall–Kier alpha value is -3.95. The number of carbonyl (C=O) groups excluding carboxylic acids is 1. The Morgan fingerprint density at radius 3 is 2.71 bits per heavy atom. The zero-order valence-corrected chi connectivity index (χ0v) is 15.0. The van der Waals surface area contributed by atoms with Crippen molar-refractivity contribution in [1.82, 2.24) is 40.2 Å². The molecule has 0 saturated heterocycles. The van der Waals surface area contributed by atoms with Crippen LogP contribution in [0.5, 0.6) is 0 Å². The Morgan fingerprint density at radius 2 is 1.93 bits per heavy atom. The molecule has 0 aliphatic carbocycles. The molecule has 3 aromatic heterocycles. The SMILES string of the molecule is CN(Cc1nc(-c2ccccn2)no1)C(=O)Cn1nnc(-c2ccccc2)n1. The third-order valence-electron chi connectivity index (χ3n) is 3.92. The fourth-order valence-electron chi connectivity index (χ4n) is 2.46. The van der Waals surface area contributed by atoms with E-state index in [4.69, 9.17) is 4.52 Å². The third-order valence-corrected chi connectivity index (χ3v) is 3.92. The van der Waals surface area contributed by atoms with Gasteiger partial charge in [-0.2, -0.15) is 9.78 Å². The van der Waals surface area contributed by atoms with Crippen LogP contribution in [-0.4, -0.2) is 53.2 Å². The zero-order valence-electron chi connectivity index (χ0n) is 15.0. The van der Waals surface area contributed by atoms with E-state index in [-0.39, 0.29) is 19.0 Å². The molecule has 1 amide bonds. The summed E-state index contributed by atoms with van der Waals surface area (Å²) < 4.78 is 5.21. The lowest BCUT2D eigenvalue weighted by atomic mass is 10.2. The summed E-state index contributed by atoms with van der Waals surface area (Å²) in [6.07, 6.45) is 1.65.